The number of nitrogens with one attached hydrogen (secondary N) is 1. The summed E-state index contributed by atoms with van der Waals surface area (Å²) in [5.41, 5.74) is 0. The van der Waals surface area contributed by atoms with Gasteiger partial charge >= 0.3 is 0 Å². The van der Waals surface area contributed by atoms with Crippen molar-refractivity contribution in [2.24, 2.45) is 0 Å². The molecule has 0 unspecified atom stereocenters. The lowest BCUT2D eigenvalue weighted by atomic mass is 10.1. The van der Waals surface area contributed by atoms with Crippen LogP contribution in [0.2, 0.25) is 0 Å². The fourth-order valence-electron chi connectivity index (χ4n) is 2.56. The zero-order valence-electron chi connectivity index (χ0n) is 9.28. The van der Waals surface area contributed by atoms with E-state index in [1.165, 1.54) is 0 Å². The minimum Gasteiger partial charge on any atom is -0.334 e. The van der Waals surface area contributed by atoms with E-state index >= 15 is 0 Å². The van der Waals surface area contributed by atoms with Crippen molar-refractivity contribution < 1.29 is 8.42 Å². The molecule has 2 saturated heterocycles. The normalized spacial score (nSPS) is 31.2. The number of rotatable bonds is 1. The van der Waals surface area contributed by atoms with Gasteiger partial charge in [-0.3, -0.25) is 0 Å². The van der Waals surface area contributed by atoms with E-state index in [0.29, 0.717) is 5.95 Å². The number of hydrogen-bond donors (Lipinski definition) is 1. The van der Waals surface area contributed by atoms with Crippen molar-refractivity contribution in [2.45, 2.75) is 12.1 Å². The molecule has 2 aliphatic heterocycles. The molecule has 2 fully saturated rings. The van der Waals surface area contributed by atoms with Gasteiger partial charge in [-0.05, 0) is 6.07 Å². The maximum atomic E-state index is 11.7. The third kappa shape index (κ3) is 2.00. The van der Waals surface area contributed by atoms with Crippen molar-refractivity contribution in [1.29, 1.82) is 0 Å². The van der Waals surface area contributed by atoms with Crippen LogP contribution in [0.25, 0.3) is 0 Å². The third-order valence-electron chi connectivity index (χ3n) is 3.29. The number of hydrogen-bond acceptors (Lipinski definition) is 6. The van der Waals surface area contributed by atoms with Gasteiger partial charge in [0, 0.05) is 31.5 Å². The first kappa shape index (κ1) is 10.9. The van der Waals surface area contributed by atoms with Crippen LogP contribution >= 0.6 is 0 Å². The lowest BCUT2D eigenvalue weighted by Crippen LogP contribution is -2.58. The number of fused-ring (bicyclic) bond motifs is 1. The Bertz CT molecular complexity index is 504. The Kier molecular flexibility index (Phi) is 2.52. The molecule has 2 atom stereocenters. The second-order valence-corrected chi connectivity index (χ2v) is 6.60. The van der Waals surface area contributed by atoms with E-state index in [0.717, 1.165) is 13.1 Å². The quantitative estimate of drug-likeness (QED) is 0.696. The topological polar surface area (TPSA) is 75.2 Å². The molecular weight excluding hydrogens is 240 g/mol. The van der Waals surface area contributed by atoms with Crippen molar-refractivity contribution >= 4 is 15.8 Å². The highest BCUT2D eigenvalue weighted by Crippen LogP contribution is 2.23. The highest BCUT2D eigenvalue weighted by atomic mass is 32.2. The largest absolute Gasteiger partial charge is 0.334 e. The number of aromatic nitrogens is 2. The van der Waals surface area contributed by atoms with E-state index in [1.54, 1.807) is 18.5 Å². The maximum absolute atomic E-state index is 11.7. The molecule has 3 heterocycles. The molecule has 0 amide bonds. The van der Waals surface area contributed by atoms with Gasteiger partial charge < -0.3 is 10.2 Å². The summed E-state index contributed by atoms with van der Waals surface area (Å²) in [6, 6.07) is 1.74. The fourth-order valence-corrected chi connectivity index (χ4v) is 4.51. The van der Waals surface area contributed by atoms with Gasteiger partial charge in [-0.15, -0.1) is 0 Å². The fraction of sp³-hybridized carbons (Fsp3) is 0.600. The van der Waals surface area contributed by atoms with Gasteiger partial charge in [0.2, 0.25) is 5.95 Å². The summed E-state index contributed by atoms with van der Waals surface area (Å²) in [6.07, 6.45) is 3.37. The molecule has 0 saturated carbocycles. The Morgan fingerprint density at radius 1 is 1.29 bits per heavy atom. The first-order valence-corrected chi connectivity index (χ1v) is 7.45. The number of piperazine rings is 1. The molecule has 1 aromatic rings. The molecule has 2 aliphatic rings. The van der Waals surface area contributed by atoms with Crippen LogP contribution in [0.1, 0.15) is 0 Å². The predicted octanol–water partition coefficient (Wildman–Crippen LogP) is -0.948. The first-order chi connectivity index (χ1) is 8.16. The molecule has 17 heavy (non-hydrogen) atoms. The van der Waals surface area contributed by atoms with Crippen molar-refractivity contribution in [1.82, 2.24) is 15.3 Å². The Labute approximate surface area is 100.0 Å². The van der Waals surface area contributed by atoms with Gasteiger partial charge in [0.15, 0.2) is 9.84 Å². The number of anilines is 1. The molecule has 92 valence electrons. The number of sulfone groups is 1. The van der Waals surface area contributed by atoms with E-state index in [9.17, 15) is 8.42 Å². The van der Waals surface area contributed by atoms with Crippen LogP contribution in [0.5, 0.6) is 0 Å². The lowest BCUT2D eigenvalue weighted by Gasteiger charge is -2.37. The van der Waals surface area contributed by atoms with Crippen molar-refractivity contribution in [3.05, 3.63) is 18.5 Å². The van der Waals surface area contributed by atoms with Crippen molar-refractivity contribution in [2.75, 3.05) is 29.5 Å². The van der Waals surface area contributed by atoms with Gasteiger partial charge in [-0.1, -0.05) is 0 Å². The van der Waals surface area contributed by atoms with Crippen LogP contribution in [0, 0.1) is 0 Å². The second-order valence-electron chi connectivity index (χ2n) is 4.45. The summed E-state index contributed by atoms with van der Waals surface area (Å²) in [7, 11) is -2.93. The van der Waals surface area contributed by atoms with E-state index in [4.69, 9.17) is 0 Å². The van der Waals surface area contributed by atoms with Crippen molar-refractivity contribution in [3.8, 4) is 0 Å². The van der Waals surface area contributed by atoms with Gasteiger partial charge in [-0.2, -0.15) is 0 Å². The van der Waals surface area contributed by atoms with E-state index in [2.05, 4.69) is 15.3 Å². The van der Waals surface area contributed by atoms with Gasteiger partial charge in [0.1, 0.15) is 0 Å². The minimum absolute atomic E-state index is 0.0116. The van der Waals surface area contributed by atoms with Gasteiger partial charge in [0.05, 0.1) is 17.5 Å². The Morgan fingerprint density at radius 2 is 2.06 bits per heavy atom. The summed E-state index contributed by atoms with van der Waals surface area (Å²) in [5, 5.41) is 3.26. The molecule has 0 radical (unpaired) electrons. The van der Waals surface area contributed by atoms with Crippen LogP contribution in [0.15, 0.2) is 18.5 Å². The van der Waals surface area contributed by atoms with E-state index in [-0.39, 0.29) is 23.6 Å². The zero-order chi connectivity index (χ0) is 11.9. The summed E-state index contributed by atoms with van der Waals surface area (Å²) in [4.78, 5) is 10.4. The van der Waals surface area contributed by atoms with E-state index < -0.39 is 9.84 Å². The van der Waals surface area contributed by atoms with Crippen LogP contribution < -0.4 is 10.2 Å². The average Bonchev–Trinajstić information content (AvgIpc) is 2.63. The number of nitrogens with zero attached hydrogens (tertiary/aromatic N) is 3. The summed E-state index contributed by atoms with van der Waals surface area (Å²) >= 11 is 0. The summed E-state index contributed by atoms with van der Waals surface area (Å²) in [5.74, 6) is 1.05. The first-order valence-electron chi connectivity index (χ1n) is 5.63. The van der Waals surface area contributed by atoms with Gasteiger partial charge in [-0.25, -0.2) is 18.4 Å². The highest BCUT2D eigenvalue weighted by molar-refractivity contribution is 7.91. The summed E-state index contributed by atoms with van der Waals surface area (Å²) in [6.45, 7) is 1.52. The average molecular weight is 254 g/mol. The molecule has 3 rings (SSSR count). The smallest absolute Gasteiger partial charge is 0.225 e. The van der Waals surface area contributed by atoms with Crippen LogP contribution in [0.3, 0.4) is 0 Å². The Morgan fingerprint density at radius 3 is 2.82 bits per heavy atom. The Hall–Kier alpha value is -1.21. The minimum atomic E-state index is -2.93. The van der Waals surface area contributed by atoms with Crippen molar-refractivity contribution in [3.63, 3.8) is 0 Å². The molecule has 7 heteroatoms. The molecule has 1 aromatic heterocycles. The highest BCUT2D eigenvalue weighted by Gasteiger charge is 2.43. The van der Waals surface area contributed by atoms with Gasteiger partial charge in [0.25, 0.3) is 0 Å². The molecule has 0 aromatic carbocycles. The predicted molar refractivity (Wildman–Crippen MR) is 63.6 cm³/mol. The maximum Gasteiger partial charge on any atom is 0.225 e. The second kappa shape index (κ2) is 3.92. The van der Waals surface area contributed by atoms with E-state index in [1.807, 2.05) is 4.90 Å². The molecule has 0 aliphatic carbocycles. The monoisotopic (exact) mass is 254 g/mol. The van der Waals surface area contributed by atoms with Crippen LogP contribution in [0.4, 0.5) is 5.95 Å². The molecule has 1 N–H and O–H groups in total. The molecule has 0 bridgehead atoms. The van der Waals surface area contributed by atoms with Crippen LogP contribution in [-0.2, 0) is 9.84 Å². The lowest BCUT2D eigenvalue weighted by molar-refractivity contribution is 0.420. The standard InChI is InChI=1S/C10H14N4O2S/c15-17(16)6-8-9(7-17)14(5-4-11-8)10-12-2-1-3-13-10/h1-3,8-9,11H,4-7H2/t8-,9+/m0/s1. The Balaban J connectivity index is 1.91. The van der Waals surface area contributed by atoms with Crippen LogP contribution in [-0.4, -0.2) is 55.1 Å². The third-order valence-corrected chi connectivity index (χ3v) is 5.01. The molecular formula is C10H14N4O2S. The molecule has 6 nitrogen and oxygen atoms in total. The zero-order valence-corrected chi connectivity index (χ0v) is 10.1. The summed E-state index contributed by atoms with van der Waals surface area (Å²) < 4.78 is 23.3. The molecule has 0 spiro atoms. The SMILES string of the molecule is O=S1(=O)C[C@@H]2NCCN(c3ncccn3)[C@@H]2C1.